The molecule has 148 valence electrons. The van der Waals surface area contributed by atoms with E-state index in [0.717, 1.165) is 18.4 Å². The van der Waals surface area contributed by atoms with E-state index in [2.05, 4.69) is 0 Å². The molecule has 4 N–H and O–H groups in total. The number of allylic oxidation sites excluding steroid dienone is 4. The Morgan fingerprint density at radius 1 is 1.30 bits per heavy atom. The topological polar surface area (TPSA) is 115 Å². The molecular formula is C21H28O6. The lowest BCUT2D eigenvalue weighted by Gasteiger charge is -2.59. The van der Waals surface area contributed by atoms with Gasteiger partial charge in [0, 0.05) is 16.7 Å². The smallest absolute Gasteiger partial charge is 0.192 e. The molecular weight excluding hydrogens is 348 g/mol. The van der Waals surface area contributed by atoms with Crippen LogP contribution in [0.15, 0.2) is 23.8 Å². The van der Waals surface area contributed by atoms with Crippen LogP contribution in [0.4, 0.5) is 0 Å². The molecule has 4 aliphatic rings. The number of hydrogen-bond acceptors (Lipinski definition) is 6. The summed E-state index contributed by atoms with van der Waals surface area (Å²) in [6, 6.07) is 0. The summed E-state index contributed by atoms with van der Waals surface area (Å²) in [5.74, 6) is -1.09. The summed E-state index contributed by atoms with van der Waals surface area (Å²) in [4.78, 5) is 24.2. The van der Waals surface area contributed by atoms with Crippen molar-refractivity contribution in [1.82, 2.24) is 0 Å². The van der Waals surface area contributed by atoms with Crippen molar-refractivity contribution in [2.75, 3.05) is 6.61 Å². The van der Waals surface area contributed by atoms with E-state index in [1.54, 1.807) is 19.1 Å². The lowest BCUT2D eigenvalue weighted by Crippen LogP contribution is -2.63. The number of carbonyl (C=O) groups is 2. The van der Waals surface area contributed by atoms with E-state index in [1.165, 1.54) is 0 Å². The highest BCUT2D eigenvalue weighted by atomic mass is 16.4. The SMILES string of the molecule is CC12C=CC(=O)C=C1CCC1[C@@H]2C(O)CC2(C)[C@H]1CC(O)C2(O)C(=O)CO. The van der Waals surface area contributed by atoms with E-state index in [-0.39, 0.29) is 36.4 Å². The number of aliphatic hydroxyl groups is 4. The van der Waals surface area contributed by atoms with Crippen LogP contribution in [0.2, 0.25) is 0 Å². The molecule has 0 heterocycles. The molecule has 0 radical (unpaired) electrons. The highest BCUT2D eigenvalue weighted by Crippen LogP contribution is 2.67. The van der Waals surface area contributed by atoms with Crippen LogP contribution in [-0.2, 0) is 9.59 Å². The van der Waals surface area contributed by atoms with Gasteiger partial charge in [-0.1, -0.05) is 25.5 Å². The predicted molar refractivity (Wildman–Crippen MR) is 96.4 cm³/mol. The van der Waals surface area contributed by atoms with E-state index < -0.39 is 41.0 Å². The van der Waals surface area contributed by atoms with Crippen molar-refractivity contribution < 1.29 is 30.0 Å². The molecule has 3 saturated carbocycles. The van der Waals surface area contributed by atoms with Crippen molar-refractivity contribution in [3.8, 4) is 0 Å². The number of fused-ring (bicyclic) bond motifs is 5. The van der Waals surface area contributed by atoms with Crippen LogP contribution in [0.1, 0.15) is 39.5 Å². The third kappa shape index (κ3) is 2.21. The van der Waals surface area contributed by atoms with Crippen LogP contribution >= 0.6 is 0 Å². The van der Waals surface area contributed by atoms with E-state index in [9.17, 15) is 30.0 Å². The maximum Gasteiger partial charge on any atom is 0.192 e. The van der Waals surface area contributed by atoms with E-state index in [4.69, 9.17) is 0 Å². The van der Waals surface area contributed by atoms with E-state index in [0.29, 0.717) is 0 Å². The third-order valence-corrected chi connectivity index (χ3v) is 8.28. The molecule has 0 aromatic heterocycles. The first-order chi connectivity index (χ1) is 12.6. The second kappa shape index (κ2) is 5.83. The van der Waals surface area contributed by atoms with Gasteiger partial charge in [-0.3, -0.25) is 9.59 Å². The van der Waals surface area contributed by atoms with Gasteiger partial charge in [-0.2, -0.15) is 0 Å². The van der Waals surface area contributed by atoms with Crippen molar-refractivity contribution in [1.29, 1.82) is 0 Å². The molecule has 0 saturated heterocycles. The Morgan fingerprint density at radius 2 is 2.00 bits per heavy atom. The van der Waals surface area contributed by atoms with Gasteiger partial charge in [-0.05, 0) is 49.7 Å². The molecule has 0 aliphatic heterocycles. The monoisotopic (exact) mass is 376 g/mol. The highest BCUT2D eigenvalue weighted by molar-refractivity contribution is 6.01. The van der Waals surface area contributed by atoms with Gasteiger partial charge in [0.15, 0.2) is 17.2 Å². The number of ketones is 2. The van der Waals surface area contributed by atoms with Crippen molar-refractivity contribution >= 4 is 11.6 Å². The number of carbonyl (C=O) groups excluding carboxylic acids is 2. The molecule has 4 rings (SSSR count). The number of hydrogen-bond donors (Lipinski definition) is 4. The Balaban J connectivity index is 1.78. The largest absolute Gasteiger partial charge is 0.393 e. The minimum absolute atomic E-state index is 0.00826. The Morgan fingerprint density at radius 3 is 2.67 bits per heavy atom. The predicted octanol–water partition coefficient (Wildman–Crippen LogP) is 0.528. The summed E-state index contributed by atoms with van der Waals surface area (Å²) in [6.45, 7) is 2.96. The number of Topliss-reactive ketones (excluding diaryl/α,β-unsaturated/α-hetero) is 1. The summed E-state index contributed by atoms with van der Waals surface area (Å²) in [7, 11) is 0. The average molecular weight is 376 g/mol. The maximum atomic E-state index is 12.4. The standard InChI is InChI=1S/C21H28O6/c1-19-6-5-12(23)7-11(19)3-4-13-14-8-16(25)21(27,17(26)10-22)20(14,2)9-15(24)18(13)19/h5-7,13-16,18,22,24-25,27H,3-4,8-10H2,1-2H3/t13?,14-,15?,16?,18+,19?,20?,21?/m0/s1. The zero-order chi connectivity index (χ0) is 19.8. The van der Waals surface area contributed by atoms with Gasteiger partial charge >= 0.3 is 0 Å². The number of aliphatic hydroxyl groups excluding tert-OH is 3. The second-order valence-electron chi connectivity index (χ2n) is 9.31. The molecule has 0 bridgehead atoms. The van der Waals surface area contributed by atoms with Crippen LogP contribution in [-0.4, -0.2) is 56.4 Å². The summed E-state index contributed by atoms with van der Waals surface area (Å²) in [6.07, 6.45) is 4.97. The molecule has 0 spiro atoms. The Bertz CT molecular complexity index is 756. The van der Waals surface area contributed by atoms with Gasteiger partial charge in [-0.25, -0.2) is 0 Å². The molecule has 0 aromatic rings. The van der Waals surface area contributed by atoms with Crippen LogP contribution in [0.3, 0.4) is 0 Å². The van der Waals surface area contributed by atoms with Crippen LogP contribution < -0.4 is 0 Å². The Labute approximate surface area is 158 Å². The van der Waals surface area contributed by atoms with Crippen LogP contribution in [0.5, 0.6) is 0 Å². The van der Waals surface area contributed by atoms with Crippen molar-refractivity contribution in [2.45, 2.75) is 57.3 Å². The molecule has 8 atom stereocenters. The third-order valence-electron chi connectivity index (χ3n) is 8.28. The van der Waals surface area contributed by atoms with Gasteiger partial charge in [0.25, 0.3) is 0 Å². The van der Waals surface area contributed by atoms with Gasteiger partial charge in [0.1, 0.15) is 6.61 Å². The van der Waals surface area contributed by atoms with E-state index >= 15 is 0 Å². The highest BCUT2D eigenvalue weighted by Gasteiger charge is 2.71. The first-order valence-corrected chi connectivity index (χ1v) is 9.76. The fourth-order valence-corrected chi connectivity index (χ4v) is 6.96. The lowest BCUT2D eigenvalue weighted by molar-refractivity contribution is -0.190. The molecule has 6 nitrogen and oxygen atoms in total. The van der Waals surface area contributed by atoms with Gasteiger partial charge < -0.3 is 20.4 Å². The first kappa shape index (κ1) is 19.0. The molecule has 0 aromatic carbocycles. The molecule has 4 aliphatic carbocycles. The van der Waals surface area contributed by atoms with Crippen molar-refractivity contribution in [2.24, 2.45) is 28.6 Å². The Hall–Kier alpha value is -1.34. The normalized spacial score (nSPS) is 51.3. The minimum atomic E-state index is -2.05. The fourth-order valence-electron chi connectivity index (χ4n) is 6.96. The zero-order valence-electron chi connectivity index (χ0n) is 15.8. The van der Waals surface area contributed by atoms with Crippen LogP contribution in [0, 0.1) is 28.6 Å². The molecule has 6 heteroatoms. The van der Waals surface area contributed by atoms with Crippen molar-refractivity contribution in [3.63, 3.8) is 0 Å². The summed E-state index contributed by atoms with van der Waals surface area (Å²) in [5.41, 5.74) is -2.46. The summed E-state index contributed by atoms with van der Waals surface area (Å²) in [5, 5.41) is 42.3. The minimum Gasteiger partial charge on any atom is -0.393 e. The fraction of sp³-hybridized carbons (Fsp3) is 0.714. The molecule has 27 heavy (non-hydrogen) atoms. The van der Waals surface area contributed by atoms with Gasteiger partial charge in [0.05, 0.1) is 12.2 Å². The average Bonchev–Trinajstić information content (AvgIpc) is 2.82. The summed E-state index contributed by atoms with van der Waals surface area (Å²) < 4.78 is 0. The second-order valence-corrected chi connectivity index (χ2v) is 9.31. The molecule has 0 amide bonds. The van der Waals surface area contributed by atoms with Crippen LogP contribution in [0.25, 0.3) is 0 Å². The molecule has 6 unspecified atom stereocenters. The van der Waals surface area contributed by atoms with Gasteiger partial charge in [0.2, 0.25) is 0 Å². The quantitative estimate of drug-likeness (QED) is 0.559. The first-order valence-electron chi connectivity index (χ1n) is 9.76. The summed E-state index contributed by atoms with van der Waals surface area (Å²) >= 11 is 0. The zero-order valence-corrected chi connectivity index (χ0v) is 15.8. The lowest BCUT2D eigenvalue weighted by atomic mass is 9.46. The maximum absolute atomic E-state index is 12.4. The molecule has 3 fully saturated rings. The Kier molecular flexibility index (Phi) is 4.10. The van der Waals surface area contributed by atoms with Crippen molar-refractivity contribution in [3.05, 3.63) is 23.8 Å². The van der Waals surface area contributed by atoms with E-state index in [1.807, 2.05) is 13.0 Å². The number of rotatable bonds is 2. The van der Waals surface area contributed by atoms with Gasteiger partial charge in [-0.15, -0.1) is 0 Å².